The van der Waals surface area contributed by atoms with Crippen LogP contribution in [0, 0.1) is 12.8 Å². The number of amides is 1. The number of rotatable bonds is 4. The van der Waals surface area contributed by atoms with E-state index in [1.54, 1.807) is 12.1 Å². The van der Waals surface area contributed by atoms with E-state index in [1.165, 1.54) is 4.31 Å². The zero-order valence-corrected chi connectivity index (χ0v) is 16.2. The second kappa shape index (κ2) is 8.06. The van der Waals surface area contributed by atoms with Crippen molar-refractivity contribution in [3.8, 4) is 0 Å². The molecule has 1 heterocycles. The number of nitrogens with two attached hydrogens (primary N) is 1. The minimum atomic E-state index is -3.47. The quantitative estimate of drug-likeness (QED) is 0.834. The molecule has 1 saturated heterocycles. The van der Waals surface area contributed by atoms with E-state index in [2.05, 4.69) is 5.32 Å². The number of piperidine rings is 1. The molecule has 0 aromatic heterocycles. The molecule has 6 nitrogen and oxygen atoms in total. The van der Waals surface area contributed by atoms with Crippen LogP contribution in [-0.4, -0.2) is 43.8 Å². The van der Waals surface area contributed by atoms with Gasteiger partial charge in [-0.3, -0.25) is 4.79 Å². The van der Waals surface area contributed by atoms with Crippen LogP contribution >= 0.6 is 0 Å². The van der Waals surface area contributed by atoms with Gasteiger partial charge >= 0.3 is 0 Å². The fourth-order valence-corrected chi connectivity index (χ4v) is 5.27. The molecule has 7 heteroatoms. The predicted molar refractivity (Wildman–Crippen MR) is 101 cm³/mol. The minimum Gasteiger partial charge on any atom is -0.353 e. The Kier molecular flexibility index (Phi) is 5.99. The SMILES string of the molecule is Cc1ccc(S(=O)(=O)N2CCC(C(=O)NC3CCC(N)CC3)CC2)cc1. The Balaban J connectivity index is 1.53. The molecule has 144 valence electrons. The lowest BCUT2D eigenvalue weighted by Crippen LogP contribution is -2.46. The summed E-state index contributed by atoms with van der Waals surface area (Å²) < 4.78 is 27.0. The van der Waals surface area contributed by atoms with Gasteiger partial charge in [-0.2, -0.15) is 4.31 Å². The van der Waals surface area contributed by atoms with Gasteiger partial charge in [-0.05, 0) is 57.6 Å². The summed E-state index contributed by atoms with van der Waals surface area (Å²) in [6, 6.07) is 7.40. The number of benzene rings is 1. The molecule has 0 unspecified atom stereocenters. The Hall–Kier alpha value is -1.44. The summed E-state index contributed by atoms with van der Waals surface area (Å²) >= 11 is 0. The molecule has 1 aromatic rings. The Labute approximate surface area is 156 Å². The van der Waals surface area contributed by atoms with Crippen LogP contribution in [0.3, 0.4) is 0 Å². The number of nitrogens with one attached hydrogen (secondary N) is 1. The van der Waals surface area contributed by atoms with Crippen LogP contribution < -0.4 is 11.1 Å². The smallest absolute Gasteiger partial charge is 0.243 e. The van der Waals surface area contributed by atoms with Gasteiger partial charge in [-0.25, -0.2) is 8.42 Å². The minimum absolute atomic E-state index is 0.0675. The van der Waals surface area contributed by atoms with Crippen LogP contribution in [0.15, 0.2) is 29.2 Å². The molecule has 3 N–H and O–H groups in total. The van der Waals surface area contributed by atoms with Gasteiger partial charge in [0.1, 0.15) is 0 Å². The molecule has 1 aliphatic heterocycles. The van der Waals surface area contributed by atoms with E-state index in [-0.39, 0.29) is 23.9 Å². The molecule has 1 aliphatic carbocycles. The third kappa shape index (κ3) is 4.45. The van der Waals surface area contributed by atoms with Crippen LogP contribution in [0.5, 0.6) is 0 Å². The molecule has 0 spiro atoms. The average Bonchev–Trinajstić information content (AvgIpc) is 2.64. The van der Waals surface area contributed by atoms with Crippen molar-refractivity contribution >= 4 is 15.9 Å². The third-order valence-electron chi connectivity index (χ3n) is 5.60. The largest absolute Gasteiger partial charge is 0.353 e. The molecule has 1 aromatic carbocycles. The first-order chi connectivity index (χ1) is 12.4. The maximum Gasteiger partial charge on any atom is 0.243 e. The molecule has 2 fully saturated rings. The highest BCUT2D eigenvalue weighted by molar-refractivity contribution is 7.89. The zero-order valence-electron chi connectivity index (χ0n) is 15.4. The molecule has 1 saturated carbocycles. The fourth-order valence-electron chi connectivity index (χ4n) is 3.80. The number of nitrogens with zero attached hydrogens (tertiary/aromatic N) is 1. The number of carbonyl (C=O) groups is 1. The van der Waals surface area contributed by atoms with Crippen molar-refractivity contribution in [1.29, 1.82) is 0 Å². The molecule has 0 atom stereocenters. The standard InChI is InChI=1S/C19H29N3O3S/c1-14-2-8-18(9-3-14)26(24,25)22-12-10-15(11-13-22)19(23)21-17-6-4-16(20)5-7-17/h2-3,8-9,15-17H,4-7,10-13,20H2,1H3,(H,21,23). The van der Waals surface area contributed by atoms with Gasteiger partial charge in [0.2, 0.25) is 15.9 Å². The summed E-state index contributed by atoms with van der Waals surface area (Å²) in [6.45, 7) is 2.72. The van der Waals surface area contributed by atoms with Crippen LogP contribution in [0.2, 0.25) is 0 Å². The van der Waals surface area contributed by atoms with E-state index in [0.29, 0.717) is 30.8 Å². The lowest BCUT2D eigenvalue weighted by Gasteiger charge is -2.32. The molecule has 0 bridgehead atoms. The van der Waals surface area contributed by atoms with Gasteiger partial charge < -0.3 is 11.1 Å². The van der Waals surface area contributed by atoms with Crippen molar-refractivity contribution in [3.05, 3.63) is 29.8 Å². The van der Waals surface area contributed by atoms with Crippen LogP contribution in [0.25, 0.3) is 0 Å². The van der Waals surface area contributed by atoms with Crippen molar-refractivity contribution in [1.82, 2.24) is 9.62 Å². The maximum absolute atomic E-state index is 12.7. The summed E-state index contributed by atoms with van der Waals surface area (Å²) in [5, 5.41) is 3.14. The third-order valence-corrected chi connectivity index (χ3v) is 7.51. The number of hydrogen-bond acceptors (Lipinski definition) is 4. The number of hydrogen-bond donors (Lipinski definition) is 2. The summed E-state index contributed by atoms with van der Waals surface area (Å²) in [7, 11) is -3.47. The number of sulfonamides is 1. The number of aryl methyl sites for hydroxylation is 1. The Morgan fingerprint density at radius 2 is 1.62 bits per heavy atom. The van der Waals surface area contributed by atoms with Crippen molar-refractivity contribution in [2.45, 2.75) is 62.4 Å². The Bertz CT molecular complexity index is 717. The average molecular weight is 380 g/mol. The van der Waals surface area contributed by atoms with Crippen molar-refractivity contribution in [2.75, 3.05) is 13.1 Å². The number of carbonyl (C=O) groups excluding carboxylic acids is 1. The van der Waals surface area contributed by atoms with Gasteiger partial charge in [-0.15, -0.1) is 0 Å². The monoisotopic (exact) mass is 379 g/mol. The Morgan fingerprint density at radius 1 is 1.04 bits per heavy atom. The van der Waals surface area contributed by atoms with Gasteiger partial charge in [0, 0.05) is 31.1 Å². The fraction of sp³-hybridized carbons (Fsp3) is 0.632. The van der Waals surface area contributed by atoms with Gasteiger partial charge in [0.15, 0.2) is 0 Å². The van der Waals surface area contributed by atoms with E-state index in [9.17, 15) is 13.2 Å². The predicted octanol–water partition coefficient (Wildman–Crippen LogP) is 1.78. The lowest BCUT2D eigenvalue weighted by molar-refractivity contribution is -0.127. The molecular formula is C19H29N3O3S. The normalized spacial score (nSPS) is 25.8. The van der Waals surface area contributed by atoms with Crippen molar-refractivity contribution in [2.24, 2.45) is 11.7 Å². The second-order valence-electron chi connectivity index (χ2n) is 7.61. The highest BCUT2D eigenvalue weighted by Crippen LogP contribution is 2.25. The highest BCUT2D eigenvalue weighted by atomic mass is 32.2. The van der Waals surface area contributed by atoms with E-state index in [0.717, 1.165) is 31.2 Å². The van der Waals surface area contributed by atoms with Crippen LogP contribution in [-0.2, 0) is 14.8 Å². The molecule has 3 rings (SSSR count). The maximum atomic E-state index is 12.7. The summed E-state index contributed by atoms with van der Waals surface area (Å²) in [6.07, 6.45) is 4.93. The van der Waals surface area contributed by atoms with Gasteiger partial charge in [-0.1, -0.05) is 17.7 Å². The van der Waals surface area contributed by atoms with E-state index in [4.69, 9.17) is 5.73 Å². The van der Waals surface area contributed by atoms with E-state index < -0.39 is 10.0 Å². The van der Waals surface area contributed by atoms with Gasteiger partial charge in [0.25, 0.3) is 0 Å². The van der Waals surface area contributed by atoms with Crippen molar-refractivity contribution < 1.29 is 13.2 Å². The summed E-state index contributed by atoms with van der Waals surface area (Å²) in [5.41, 5.74) is 6.94. The molecule has 0 radical (unpaired) electrons. The van der Waals surface area contributed by atoms with E-state index >= 15 is 0 Å². The summed E-state index contributed by atoms with van der Waals surface area (Å²) in [5.74, 6) is -0.0343. The first-order valence-electron chi connectivity index (χ1n) is 9.49. The van der Waals surface area contributed by atoms with Crippen LogP contribution in [0.1, 0.15) is 44.1 Å². The molecule has 1 amide bonds. The molecular weight excluding hydrogens is 350 g/mol. The highest BCUT2D eigenvalue weighted by Gasteiger charge is 2.33. The first kappa shape index (κ1) is 19.3. The Morgan fingerprint density at radius 3 is 2.19 bits per heavy atom. The summed E-state index contributed by atoms with van der Waals surface area (Å²) in [4.78, 5) is 12.8. The topological polar surface area (TPSA) is 92.5 Å². The van der Waals surface area contributed by atoms with Gasteiger partial charge in [0.05, 0.1) is 4.90 Å². The molecule has 26 heavy (non-hydrogen) atoms. The van der Waals surface area contributed by atoms with E-state index in [1.807, 2.05) is 19.1 Å². The second-order valence-corrected chi connectivity index (χ2v) is 9.55. The first-order valence-corrected chi connectivity index (χ1v) is 10.9. The van der Waals surface area contributed by atoms with Crippen molar-refractivity contribution in [3.63, 3.8) is 0 Å². The molecule has 2 aliphatic rings. The zero-order chi connectivity index (χ0) is 18.7. The van der Waals surface area contributed by atoms with Crippen LogP contribution in [0.4, 0.5) is 0 Å². The lowest BCUT2D eigenvalue weighted by atomic mass is 9.90.